The third-order valence-electron chi connectivity index (χ3n) is 5.09. The summed E-state index contributed by atoms with van der Waals surface area (Å²) in [5.74, 6) is 0.924. The normalized spacial score (nSPS) is 13.1. The SMILES string of the molecule is CC[NH+](Cc1ccc(N(C)C)cc1)[C@@H](C)c1nnc(-c2ccc([N+](=O)[O-])cc2)o1. The van der Waals surface area contributed by atoms with E-state index in [4.69, 9.17) is 4.42 Å². The number of aromatic nitrogens is 2. The highest BCUT2D eigenvalue weighted by molar-refractivity contribution is 5.55. The molecule has 0 aliphatic rings. The van der Waals surface area contributed by atoms with E-state index >= 15 is 0 Å². The number of nitro benzene ring substituents is 1. The number of nitro groups is 1. The van der Waals surface area contributed by atoms with Crippen molar-refractivity contribution in [3.8, 4) is 11.5 Å². The molecular formula is C21H26N5O3+. The van der Waals surface area contributed by atoms with Gasteiger partial charge < -0.3 is 14.2 Å². The van der Waals surface area contributed by atoms with Gasteiger partial charge in [0.25, 0.3) is 11.6 Å². The highest BCUT2D eigenvalue weighted by atomic mass is 16.6. The Labute approximate surface area is 169 Å². The Morgan fingerprint density at radius 3 is 2.31 bits per heavy atom. The Balaban J connectivity index is 1.72. The highest BCUT2D eigenvalue weighted by Gasteiger charge is 2.24. The second-order valence-corrected chi connectivity index (χ2v) is 7.22. The number of nitrogens with one attached hydrogen (secondary N) is 1. The molecule has 2 aromatic carbocycles. The van der Waals surface area contributed by atoms with Crippen molar-refractivity contribution in [2.75, 3.05) is 25.5 Å². The van der Waals surface area contributed by atoms with Crippen LogP contribution in [0.25, 0.3) is 11.5 Å². The number of benzene rings is 2. The average molecular weight is 396 g/mol. The van der Waals surface area contributed by atoms with Crippen LogP contribution in [-0.2, 0) is 6.54 Å². The summed E-state index contributed by atoms with van der Waals surface area (Å²) >= 11 is 0. The van der Waals surface area contributed by atoms with Crippen LogP contribution in [0.15, 0.2) is 52.9 Å². The highest BCUT2D eigenvalue weighted by Crippen LogP contribution is 2.22. The Morgan fingerprint density at radius 2 is 1.76 bits per heavy atom. The molecule has 0 radical (unpaired) electrons. The molecule has 0 fully saturated rings. The van der Waals surface area contributed by atoms with Gasteiger partial charge in [-0.25, -0.2) is 0 Å². The quantitative estimate of drug-likeness (QED) is 0.465. The van der Waals surface area contributed by atoms with Crippen molar-refractivity contribution >= 4 is 11.4 Å². The van der Waals surface area contributed by atoms with E-state index in [1.807, 2.05) is 14.1 Å². The van der Waals surface area contributed by atoms with E-state index in [1.54, 1.807) is 12.1 Å². The van der Waals surface area contributed by atoms with Crippen LogP contribution in [-0.4, -0.2) is 35.8 Å². The summed E-state index contributed by atoms with van der Waals surface area (Å²) in [6.45, 7) is 5.96. The van der Waals surface area contributed by atoms with E-state index in [9.17, 15) is 10.1 Å². The largest absolute Gasteiger partial charge is 0.415 e. The summed E-state index contributed by atoms with van der Waals surface area (Å²) in [4.78, 5) is 13.8. The van der Waals surface area contributed by atoms with Gasteiger partial charge in [-0.05, 0) is 38.1 Å². The molecule has 8 heteroatoms. The van der Waals surface area contributed by atoms with Crippen molar-refractivity contribution in [1.29, 1.82) is 0 Å². The molecular weight excluding hydrogens is 370 g/mol. The summed E-state index contributed by atoms with van der Waals surface area (Å²) in [6, 6.07) is 14.7. The first kappa shape index (κ1) is 20.5. The fraction of sp³-hybridized carbons (Fsp3) is 0.333. The standard InChI is InChI=1S/C21H25N5O3/c1-5-25(14-16-6-10-18(11-7-16)24(3)4)15(2)20-22-23-21(29-20)17-8-12-19(13-9-17)26(27)28/h6-13,15H,5,14H2,1-4H3/p+1/t15-/m0/s1. The van der Waals surface area contributed by atoms with Crippen LogP contribution in [0.4, 0.5) is 11.4 Å². The zero-order valence-corrected chi connectivity index (χ0v) is 17.1. The Kier molecular flexibility index (Phi) is 6.23. The van der Waals surface area contributed by atoms with Gasteiger partial charge in [-0.3, -0.25) is 10.1 Å². The lowest BCUT2D eigenvalue weighted by Gasteiger charge is -2.22. The topological polar surface area (TPSA) is 89.7 Å². The van der Waals surface area contributed by atoms with Crippen molar-refractivity contribution in [3.05, 3.63) is 70.1 Å². The maximum Gasteiger partial charge on any atom is 0.274 e. The first-order valence-corrected chi connectivity index (χ1v) is 9.58. The van der Waals surface area contributed by atoms with Crippen molar-refractivity contribution in [2.45, 2.75) is 26.4 Å². The van der Waals surface area contributed by atoms with E-state index in [0.717, 1.165) is 13.1 Å². The molecule has 1 unspecified atom stereocenters. The monoisotopic (exact) mass is 396 g/mol. The van der Waals surface area contributed by atoms with Crippen LogP contribution in [0.1, 0.15) is 31.3 Å². The first-order chi connectivity index (χ1) is 13.9. The average Bonchev–Trinajstić information content (AvgIpc) is 3.22. The maximum atomic E-state index is 10.8. The van der Waals surface area contributed by atoms with Gasteiger partial charge in [-0.15, -0.1) is 10.2 Å². The summed E-state index contributed by atoms with van der Waals surface area (Å²) < 4.78 is 5.88. The molecule has 29 heavy (non-hydrogen) atoms. The van der Waals surface area contributed by atoms with E-state index < -0.39 is 4.92 Å². The fourth-order valence-electron chi connectivity index (χ4n) is 3.18. The molecule has 0 saturated carbocycles. The molecule has 2 atom stereocenters. The van der Waals surface area contributed by atoms with Gasteiger partial charge in [-0.1, -0.05) is 12.1 Å². The number of quaternary nitrogens is 1. The van der Waals surface area contributed by atoms with Crippen LogP contribution in [0, 0.1) is 10.1 Å². The first-order valence-electron chi connectivity index (χ1n) is 9.58. The number of nitrogens with zero attached hydrogens (tertiary/aromatic N) is 4. The van der Waals surface area contributed by atoms with Gasteiger partial charge in [0, 0.05) is 43.0 Å². The molecule has 1 N–H and O–H groups in total. The molecule has 1 aromatic heterocycles. The number of rotatable bonds is 8. The zero-order valence-electron chi connectivity index (χ0n) is 17.1. The second kappa shape index (κ2) is 8.83. The predicted molar refractivity (Wildman–Crippen MR) is 111 cm³/mol. The molecule has 0 amide bonds. The summed E-state index contributed by atoms with van der Waals surface area (Å²) in [6.07, 6.45) is 0. The van der Waals surface area contributed by atoms with Crippen LogP contribution in [0.5, 0.6) is 0 Å². The van der Waals surface area contributed by atoms with Crippen molar-refractivity contribution in [1.82, 2.24) is 10.2 Å². The van der Waals surface area contributed by atoms with Gasteiger partial charge in [0.1, 0.15) is 6.54 Å². The molecule has 0 spiro atoms. The fourth-order valence-corrected chi connectivity index (χ4v) is 3.18. The van der Waals surface area contributed by atoms with E-state index in [2.05, 4.69) is 53.2 Å². The molecule has 1 heterocycles. The second-order valence-electron chi connectivity index (χ2n) is 7.22. The Morgan fingerprint density at radius 1 is 1.10 bits per heavy atom. The Bertz CT molecular complexity index is 951. The third kappa shape index (κ3) is 4.78. The molecule has 3 aromatic rings. The number of hydrogen-bond donors (Lipinski definition) is 1. The molecule has 0 aliphatic carbocycles. The predicted octanol–water partition coefficient (Wildman–Crippen LogP) is 2.88. The minimum Gasteiger partial charge on any atom is -0.415 e. The number of anilines is 1. The van der Waals surface area contributed by atoms with Gasteiger partial charge in [0.15, 0.2) is 6.04 Å². The van der Waals surface area contributed by atoms with Crippen molar-refractivity contribution in [3.63, 3.8) is 0 Å². The van der Waals surface area contributed by atoms with Gasteiger partial charge in [-0.2, -0.15) is 0 Å². The zero-order chi connectivity index (χ0) is 21.0. The van der Waals surface area contributed by atoms with Crippen molar-refractivity contribution in [2.24, 2.45) is 0 Å². The van der Waals surface area contributed by atoms with Gasteiger partial charge in [0.2, 0.25) is 5.89 Å². The molecule has 0 bridgehead atoms. The lowest BCUT2D eigenvalue weighted by Crippen LogP contribution is -3.10. The minimum atomic E-state index is -0.432. The summed E-state index contributed by atoms with van der Waals surface area (Å²) in [7, 11) is 4.05. The van der Waals surface area contributed by atoms with Crippen LogP contribution >= 0.6 is 0 Å². The molecule has 152 valence electrons. The van der Waals surface area contributed by atoms with Gasteiger partial charge >= 0.3 is 0 Å². The third-order valence-corrected chi connectivity index (χ3v) is 5.09. The molecule has 3 rings (SSSR count). The van der Waals surface area contributed by atoms with E-state index in [0.29, 0.717) is 17.3 Å². The number of hydrogen-bond acceptors (Lipinski definition) is 6. The Hall–Kier alpha value is -3.26. The van der Waals surface area contributed by atoms with Crippen LogP contribution < -0.4 is 9.80 Å². The number of non-ortho nitro benzene ring substituents is 1. The summed E-state index contributed by atoms with van der Waals surface area (Å²) in [5.41, 5.74) is 3.11. The van der Waals surface area contributed by atoms with E-state index in [-0.39, 0.29) is 11.7 Å². The van der Waals surface area contributed by atoms with Crippen LogP contribution in [0.3, 0.4) is 0 Å². The molecule has 0 saturated heterocycles. The molecule has 0 aliphatic heterocycles. The van der Waals surface area contributed by atoms with Crippen molar-refractivity contribution < 1.29 is 14.2 Å². The summed E-state index contributed by atoms with van der Waals surface area (Å²) in [5, 5.41) is 19.2. The van der Waals surface area contributed by atoms with Crippen LogP contribution in [0.2, 0.25) is 0 Å². The lowest BCUT2D eigenvalue weighted by atomic mass is 10.1. The molecule has 8 nitrogen and oxygen atoms in total. The van der Waals surface area contributed by atoms with Gasteiger partial charge in [0.05, 0.1) is 11.5 Å². The smallest absolute Gasteiger partial charge is 0.274 e. The van der Waals surface area contributed by atoms with E-state index in [1.165, 1.54) is 28.3 Å². The lowest BCUT2D eigenvalue weighted by molar-refractivity contribution is -0.942. The minimum absolute atomic E-state index is 0.0211. The maximum absolute atomic E-state index is 10.8.